The number of nitrogens with zero attached hydrogens (tertiary/aromatic N) is 3. The van der Waals surface area contributed by atoms with Gasteiger partial charge in [0.25, 0.3) is 5.91 Å². The second kappa shape index (κ2) is 16.1. The summed E-state index contributed by atoms with van der Waals surface area (Å²) in [7, 11) is 0. The summed E-state index contributed by atoms with van der Waals surface area (Å²) in [6.07, 6.45) is -0.194. The Hall–Kier alpha value is -4.41. The predicted molar refractivity (Wildman–Crippen MR) is 192 cm³/mol. The molecule has 3 aromatic rings. The molecule has 0 saturated carbocycles. The highest BCUT2D eigenvalue weighted by molar-refractivity contribution is 8.05. The monoisotopic (exact) mass is 739 g/mol. The summed E-state index contributed by atoms with van der Waals surface area (Å²) in [5.74, 6) is -1.31. The lowest BCUT2D eigenvalue weighted by Crippen LogP contribution is -2.75. The minimum atomic E-state index is -1.03. The Morgan fingerprint density at radius 1 is 1.12 bits per heavy atom. The van der Waals surface area contributed by atoms with Crippen molar-refractivity contribution in [1.82, 2.24) is 15.2 Å². The highest BCUT2D eigenvalue weighted by atomic mass is 32.2. The van der Waals surface area contributed by atoms with Gasteiger partial charge in [0.1, 0.15) is 27.5 Å². The summed E-state index contributed by atoms with van der Waals surface area (Å²) in [6.45, 7) is 6.58. The molecule has 16 heteroatoms. The van der Waals surface area contributed by atoms with Crippen LogP contribution in [0.15, 0.2) is 71.2 Å². The Bertz CT molecular complexity index is 1690. The smallest absolute Gasteiger partial charge is 0.347 e. The molecule has 2 aromatic carbocycles. The summed E-state index contributed by atoms with van der Waals surface area (Å²) in [5.41, 5.74) is 0.666. The Labute approximate surface area is 301 Å². The molecule has 0 aliphatic carbocycles. The van der Waals surface area contributed by atoms with Crippen LogP contribution in [0.2, 0.25) is 0 Å². The van der Waals surface area contributed by atoms with Crippen LogP contribution < -0.4 is 10.6 Å². The summed E-state index contributed by atoms with van der Waals surface area (Å²) in [5, 5.41) is 10.2. The van der Waals surface area contributed by atoms with Gasteiger partial charge in [-0.2, -0.15) is 0 Å². The van der Waals surface area contributed by atoms with Gasteiger partial charge in [-0.3, -0.25) is 19.2 Å². The van der Waals surface area contributed by atoms with Gasteiger partial charge in [-0.05, 0) is 37.7 Å². The van der Waals surface area contributed by atoms with E-state index >= 15 is 0 Å². The number of oxime groups is 1. The first-order chi connectivity index (χ1) is 23.9. The van der Waals surface area contributed by atoms with Crippen LogP contribution in [0.1, 0.15) is 50.6 Å². The van der Waals surface area contributed by atoms with Crippen LogP contribution in [-0.2, 0) is 38.3 Å². The van der Waals surface area contributed by atoms with E-state index in [4.69, 9.17) is 14.3 Å². The molecule has 13 nitrogen and oxygen atoms in total. The van der Waals surface area contributed by atoms with Crippen molar-refractivity contribution in [3.05, 3.63) is 82.9 Å². The van der Waals surface area contributed by atoms with Gasteiger partial charge in [0, 0.05) is 17.7 Å². The van der Waals surface area contributed by atoms with E-state index in [0.29, 0.717) is 17.9 Å². The Morgan fingerprint density at radius 3 is 2.38 bits per heavy atom. The maximum atomic E-state index is 14.1. The normalized spacial score (nSPS) is 20.3. The van der Waals surface area contributed by atoms with Crippen LogP contribution in [0.4, 0.5) is 5.13 Å². The van der Waals surface area contributed by atoms with E-state index in [1.54, 1.807) is 25.7 Å². The van der Waals surface area contributed by atoms with Gasteiger partial charge < -0.3 is 29.8 Å². The molecule has 3 heterocycles. The van der Waals surface area contributed by atoms with Crippen LogP contribution in [0.5, 0.6) is 0 Å². The number of β-lactam (4-membered cyclic amide) rings is 1. The van der Waals surface area contributed by atoms with Gasteiger partial charge in [0.2, 0.25) is 18.9 Å². The van der Waals surface area contributed by atoms with E-state index in [-0.39, 0.29) is 29.0 Å². The number of hydrogen-bond donors (Lipinski definition) is 2. The van der Waals surface area contributed by atoms with Crippen molar-refractivity contribution in [2.45, 2.75) is 55.6 Å². The number of carbonyl (C=O) groups excluding carboxylic acids is 5. The van der Waals surface area contributed by atoms with E-state index in [1.165, 1.54) is 28.9 Å². The zero-order chi connectivity index (χ0) is 35.9. The number of benzene rings is 2. The summed E-state index contributed by atoms with van der Waals surface area (Å²) in [6, 6.07) is 18.1. The Morgan fingerprint density at radius 2 is 1.78 bits per heavy atom. The second-order valence-electron chi connectivity index (χ2n) is 12.3. The summed E-state index contributed by atoms with van der Waals surface area (Å²) in [4.78, 5) is 75.2. The third kappa shape index (κ3) is 8.65. The lowest BCUT2D eigenvalue weighted by Gasteiger charge is -2.53. The third-order valence-electron chi connectivity index (χ3n) is 7.47. The number of thioether (sulfide) groups is 2. The SMILES string of the molecule is CCSC1(C(=O)OC(c2ccccc2)c2ccccc2)CS[C@@H]2C(NC(=O)C(=NOCC(=O)OC(C)(C)C)c3csc(NC=O)n3)C(=O)N2C1. The van der Waals surface area contributed by atoms with Gasteiger partial charge in [-0.1, -0.05) is 72.7 Å². The molecule has 3 amide bonds. The van der Waals surface area contributed by atoms with Crippen molar-refractivity contribution in [2.75, 3.05) is 30.0 Å². The van der Waals surface area contributed by atoms with Gasteiger partial charge >= 0.3 is 11.9 Å². The number of rotatable bonds is 14. The molecule has 0 bridgehead atoms. The number of carbonyl (C=O) groups is 5. The van der Waals surface area contributed by atoms with Crippen molar-refractivity contribution in [2.24, 2.45) is 5.16 Å². The fourth-order valence-corrected chi connectivity index (χ4v) is 8.86. The van der Waals surface area contributed by atoms with E-state index in [2.05, 4.69) is 20.8 Å². The molecule has 50 heavy (non-hydrogen) atoms. The van der Waals surface area contributed by atoms with Crippen molar-refractivity contribution >= 4 is 75.9 Å². The molecule has 2 aliphatic heterocycles. The largest absolute Gasteiger partial charge is 0.457 e. The van der Waals surface area contributed by atoms with E-state index < -0.39 is 52.3 Å². The van der Waals surface area contributed by atoms with Crippen LogP contribution in [0.25, 0.3) is 0 Å². The average molecular weight is 740 g/mol. The number of thiazole rings is 1. The van der Waals surface area contributed by atoms with Gasteiger partial charge in [-0.25, -0.2) is 9.78 Å². The molecule has 2 unspecified atom stereocenters. The zero-order valence-corrected chi connectivity index (χ0v) is 30.3. The number of esters is 2. The molecule has 0 radical (unpaired) electrons. The first kappa shape index (κ1) is 36.9. The standard InChI is InChI=1S/C34H37N5O8S3/c1-5-50-34(31(44)46-27(21-12-8-6-9-13-21)22-14-10-7-11-15-22)18-39-29(43)26(30(39)49-19-34)37-28(42)25(23-17-48-32(36-23)35-20-40)38-45-16-24(41)47-33(2,3)4/h6-15,17,20,26-27,30H,5,16,18-19H2,1-4H3,(H,37,42)(H,35,36,40)/t26?,30-,34?/m1/s1. The maximum Gasteiger partial charge on any atom is 0.347 e. The molecular formula is C34H37N5O8S3. The lowest BCUT2D eigenvalue weighted by molar-refractivity contribution is -0.160. The highest BCUT2D eigenvalue weighted by Crippen LogP contribution is 2.45. The van der Waals surface area contributed by atoms with Gasteiger partial charge in [0.05, 0.1) is 0 Å². The minimum absolute atomic E-state index is 0.0634. The van der Waals surface area contributed by atoms with E-state index in [1.807, 2.05) is 67.6 Å². The zero-order valence-electron chi connectivity index (χ0n) is 27.8. The highest BCUT2D eigenvalue weighted by Gasteiger charge is 2.58. The number of fused-ring (bicyclic) bond motifs is 1. The summed E-state index contributed by atoms with van der Waals surface area (Å²) < 4.78 is 10.4. The minimum Gasteiger partial charge on any atom is -0.457 e. The lowest BCUT2D eigenvalue weighted by atomic mass is 10.00. The van der Waals surface area contributed by atoms with Crippen molar-refractivity contribution in [3.63, 3.8) is 0 Å². The van der Waals surface area contributed by atoms with Crippen LogP contribution in [-0.4, -0.2) is 92.2 Å². The number of amides is 3. The molecule has 1 aromatic heterocycles. The quantitative estimate of drug-likeness (QED) is 0.0807. The second-order valence-corrected chi connectivity index (χ2v) is 15.9. The van der Waals surface area contributed by atoms with Crippen LogP contribution in [0.3, 0.4) is 0 Å². The molecule has 0 spiro atoms. The summed E-state index contributed by atoms with van der Waals surface area (Å²) >= 11 is 3.86. The van der Waals surface area contributed by atoms with Crippen molar-refractivity contribution < 1.29 is 38.3 Å². The van der Waals surface area contributed by atoms with Crippen molar-refractivity contribution in [1.29, 1.82) is 0 Å². The van der Waals surface area contributed by atoms with E-state index in [0.717, 1.165) is 22.5 Å². The van der Waals surface area contributed by atoms with Gasteiger partial charge in [-0.15, -0.1) is 34.9 Å². The number of hydrogen-bond acceptors (Lipinski definition) is 13. The topological polar surface area (TPSA) is 166 Å². The average Bonchev–Trinajstić information content (AvgIpc) is 3.56. The van der Waals surface area contributed by atoms with Gasteiger partial charge in [0.15, 0.2) is 16.9 Å². The number of aromatic nitrogens is 1. The van der Waals surface area contributed by atoms with Crippen LogP contribution >= 0.6 is 34.9 Å². The number of anilines is 1. The molecule has 264 valence electrons. The third-order valence-corrected chi connectivity index (χ3v) is 11.2. The molecule has 2 aliphatic rings. The van der Waals surface area contributed by atoms with Crippen LogP contribution in [0, 0.1) is 0 Å². The number of nitrogens with one attached hydrogen (secondary N) is 2. The molecular weight excluding hydrogens is 703 g/mol. The molecule has 2 N–H and O–H groups in total. The number of ether oxygens (including phenoxy) is 2. The molecule has 2 saturated heterocycles. The molecule has 3 atom stereocenters. The molecule has 2 fully saturated rings. The maximum absolute atomic E-state index is 14.1. The molecule has 5 rings (SSSR count). The fourth-order valence-electron chi connectivity index (χ4n) is 5.33. The first-order valence-electron chi connectivity index (χ1n) is 15.7. The Balaban J connectivity index is 1.29. The fraction of sp³-hybridized carbons (Fsp3) is 0.382. The van der Waals surface area contributed by atoms with Crippen molar-refractivity contribution in [3.8, 4) is 0 Å². The van der Waals surface area contributed by atoms with E-state index in [9.17, 15) is 24.0 Å². The first-order valence-corrected chi connectivity index (χ1v) is 18.6. The Kier molecular flexibility index (Phi) is 11.9. The predicted octanol–water partition coefficient (Wildman–Crippen LogP) is 4.00.